The van der Waals surface area contributed by atoms with Crippen molar-refractivity contribution in [3.63, 3.8) is 0 Å². The number of halogens is 3. The van der Waals surface area contributed by atoms with Crippen LogP contribution in [0.15, 0.2) is 30.6 Å². The quantitative estimate of drug-likeness (QED) is 0.570. The minimum atomic E-state index is -1.83. The zero-order chi connectivity index (χ0) is 9.90. The van der Waals surface area contributed by atoms with Gasteiger partial charge in [0.1, 0.15) is 0 Å². The van der Waals surface area contributed by atoms with Gasteiger partial charge in [0.2, 0.25) is 12.3 Å². The minimum absolute atomic E-state index is 0.0668. The lowest BCUT2D eigenvalue weighted by molar-refractivity contribution is -0.684. The highest BCUT2D eigenvalue weighted by atomic mass is 35.6. The van der Waals surface area contributed by atoms with Crippen molar-refractivity contribution in [2.75, 3.05) is 0 Å². The second kappa shape index (κ2) is 4.27. The van der Waals surface area contributed by atoms with E-state index in [2.05, 4.69) is 0 Å². The molecule has 0 aliphatic carbocycles. The summed E-state index contributed by atoms with van der Waals surface area (Å²) in [5.41, 5.74) is 0. The molecule has 0 N–H and O–H groups in total. The summed E-state index contributed by atoms with van der Waals surface area (Å²) in [4.78, 5) is 11.2. The maximum absolute atomic E-state index is 11.2. The molecule has 0 fully saturated rings. The van der Waals surface area contributed by atoms with E-state index in [1.54, 1.807) is 29.1 Å². The molecule has 1 aromatic heterocycles. The number of carbonyl (C=O) groups is 1. The van der Waals surface area contributed by atoms with Crippen LogP contribution in [0.1, 0.15) is 0 Å². The van der Waals surface area contributed by atoms with Gasteiger partial charge in [-0.25, -0.2) is 0 Å². The lowest BCUT2D eigenvalue weighted by Crippen LogP contribution is -2.41. The fraction of sp³-hybridized carbons (Fsp3) is 0.250. The number of rotatable bonds is 2. The molecular formula is C8H7Cl3NO+. The summed E-state index contributed by atoms with van der Waals surface area (Å²) >= 11 is 16.2. The van der Waals surface area contributed by atoms with E-state index in [1.807, 2.05) is 6.07 Å². The van der Waals surface area contributed by atoms with Crippen LogP contribution in [0.5, 0.6) is 0 Å². The Kier molecular flexibility index (Phi) is 3.54. The van der Waals surface area contributed by atoms with E-state index in [9.17, 15) is 4.79 Å². The van der Waals surface area contributed by atoms with Gasteiger partial charge in [-0.1, -0.05) is 40.9 Å². The van der Waals surface area contributed by atoms with Crippen LogP contribution in [-0.2, 0) is 11.3 Å². The van der Waals surface area contributed by atoms with Gasteiger partial charge in [-0.2, -0.15) is 4.57 Å². The molecule has 0 atom stereocenters. The minimum Gasteiger partial charge on any atom is -0.288 e. The molecule has 1 heterocycles. The number of carbonyl (C=O) groups excluding carboxylic acids is 1. The fourth-order valence-corrected chi connectivity index (χ4v) is 0.974. The van der Waals surface area contributed by atoms with Gasteiger partial charge in [0, 0.05) is 12.1 Å². The first-order valence-electron chi connectivity index (χ1n) is 3.54. The van der Waals surface area contributed by atoms with E-state index < -0.39 is 9.58 Å². The summed E-state index contributed by atoms with van der Waals surface area (Å²) in [6, 6.07) is 5.44. The Bertz CT molecular complexity index is 294. The van der Waals surface area contributed by atoms with Crippen LogP contribution in [0.4, 0.5) is 0 Å². The molecular weight excluding hydrogens is 232 g/mol. The van der Waals surface area contributed by atoms with Crippen LogP contribution in [0.3, 0.4) is 0 Å². The maximum Gasteiger partial charge on any atom is 0.255 e. The predicted molar refractivity (Wildman–Crippen MR) is 51.9 cm³/mol. The molecule has 1 aromatic rings. The first-order chi connectivity index (χ1) is 6.00. The van der Waals surface area contributed by atoms with Gasteiger partial charge in [0.25, 0.3) is 3.79 Å². The molecule has 2 nitrogen and oxygen atoms in total. The van der Waals surface area contributed by atoms with Gasteiger partial charge in [-0.05, 0) is 0 Å². The molecule has 0 aliphatic heterocycles. The topological polar surface area (TPSA) is 20.9 Å². The number of aromatic nitrogens is 1. The van der Waals surface area contributed by atoms with Crippen LogP contribution in [0.25, 0.3) is 0 Å². The van der Waals surface area contributed by atoms with Crippen LogP contribution in [0.2, 0.25) is 0 Å². The number of ketones is 1. The fourth-order valence-electron chi connectivity index (χ4n) is 0.795. The second-order valence-corrected chi connectivity index (χ2v) is 4.75. The van der Waals surface area contributed by atoms with Gasteiger partial charge in [-0.15, -0.1) is 0 Å². The summed E-state index contributed by atoms with van der Waals surface area (Å²) in [7, 11) is 0. The first kappa shape index (κ1) is 10.8. The Morgan fingerprint density at radius 1 is 1.15 bits per heavy atom. The summed E-state index contributed by atoms with van der Waals surface area (Å²) in [5.74, 6) is -0.450. The maximum atomic E-state index is 11.2. The van der Waals surface area contributed by atoms with Crippen LogP contribution < -0.4 is 4.57 Å². The monoisotopic (exact) mass is 238 g/mol. The predicted octanol–water partition coefficient (Wildman–Crippen LogP) is 1.91. The molecule has 13 heavy (non-hydrogen) atoms. The summed E-state index contributed by atoms with van der Waals surface area (Å²) < 4.78 is -0.187. The van der Waals surface area contributed by atoms with E-state index >= 15 is 0 Å². The highest BCUT2D eigenvalue weighted by Crippen LogP contribution is 2.26. The highest BCUT2D eigenvalue weighted by Gasteiger charge is 2.32. The molecule has 0 aromatic carbocycles. The largest absolute Gasteiger partial charge is 0.288 e. The molecule has 5 heteroatoms. The Balaban J connectivity index is 2.66. The Labute approximate surface area is 91.0 Å². The van der Waals surface area contributed by atoms with Crippen molar-refractivity contribution >= 4 is 40.6 Å². The zero-order valence-corrected chi connectivity index (χ0v) is 8.85. The van der Waals surface area contributed by atoms with Crippen LogP contribution in [0, 0.1) is 0 Å². The third-order valence-electron chi connectivity index (χ3n) is 1.42. The molecule has 0 bridgehead atoms. The van der Waals surface area contributed by atoms with Crippen molar-refractivity contribution in [3.8, 4) is 0 Å². The van der Waals surface area contributed by atoms with E-state index in [1.165, 1.54) is 0 Å². The summed E-state index contributed by atoms with van der Waals surface area (Å²) in [5, 5.41) is 0. The van der Waals surface area contributed by atoms with E-state index in [4.69, 9.17) is 34.8 Å². The lowest BCUT2D eigenvalue weighted by Gasteiger charge is -2.05. The number of nitrogens with zero attached hydrogens (tertiary/aromatic N) is 1. The number of hydrogen-bond acceptors (Lipinski definition) is 1. The number of pyridine rings is 1. The van der Waals surface area contributed by atoms with Crippen molar-refractivity contribution in [2.45, 2.75) is 10.3 Å². The van der Waals surface area contributed by atoms with Crippen LogP contribution >= 0.6 is 34.8 Å². The van der Waals surface area contributed by atoms with Crippen molar-refractivity contribution in [2.24, 2.45) is 0 Å². The number of hydrogen-bond donors (Lipinski definition) is 0. The van der Waals surface area contributed by atoms with Crippen molar-refractivity contribution in [1.82, 2.24) is 0 Å². The Morgan fingerprint density at radius 3 is 2.15 bits per heavy atom. The molecule has 0 unspecified atom stereocenters. The average Bonchev–Trinajstić information content (AvgIpc) is 2.04. The zero-order valence-electron chi connectivity index (χ0n) is 6.58. The summed E-state index contributed by atoms with van der Waals surface area (Å²) in [6.07, 6.45) is 3.46. The van der Waals surface area contributed by atoms with Gasteiger partial charge in [0.05, 0.1) is 0 Å². The van der Waals surface area contributed by atoms with E-state index in [0.717, 1.165) is 0 Å². The van der Waals surface area contributed by atoms with Gasteiger partial charge >= 0.3 is 0 Å². The van der Waals surface area contributed by atoms with Gasteiger partial charge in [-0.3, -0.25) is 4.79 Å². The third kappa shape index (κ3) is 3.51. The molecule has 0 aliphatic rings. The smallest absolute Gasteiger partial charge is 0.255 e. The standard InChI is InChI=1S/C8H7Cl3NO/c9-8(10,11)7(13)6-12-4-2-1-3-5-12/h1-5H,6H2/q+1. The average molecular weight is 240 g/mol. The molecule has 0 radical (unpaired) electrons. The SMILES string of the molecule is O=C(C[n+]1ccccc1)C(Cl)(Cl)Cl. The molecule has 70 valence electrons. The van der Waals surface area contributed by atoms with E-state index in [0.29, 0.717) is 0 Å². The number of alkyl halides is 3. The Hall–Kier alpha value is -0.310. The molecule has 0 amide bonds. The number of Topliss-reactive ketones (excluding diaryl/α,β-unsaturated/α-hetero) is 1. The van der Waals surface area contributed by atoms with Gasteiger partial charge < -0.3 is 0 Å². The molecule has 0 saturated heterocycles. The van der Waals surface area contributed by atoms with Crippen molar-refractivity contribution in [3.05, 3.63) is 30.6 Å². The van der Waals surface area contributed by atoms with Gasteiger partial charge in [0.15, 0.2) is 12.4 Å². The molecule has 0 spiro atoms. The van der Waals surface area contributed by atoms with E-state index in [-0.39, 0.29) is 6.54 Å². The van der Waals surface area contributed by atoms with Crippen molar-refractivity contribution in [1.29, 1.82) is 0 Å². The summed E-state index contributed by atoms with van der Waals surface area (Å²) in [6.45, 7) is 0.0668. The first-order valence-corrected chi connectivity index (χ1v) is 4.67. The second-order valence-electron chi connectivity index (χ2n) is 2.47. The molecule has 0 saturated carbocycles. The highest BCUT2D eigenvalue weighted by molar-refractivity contribution is 6.76. The molecule has 1 rings (SSSR count). The van der Waals surface area contributed by atoms with Crippen molar-refractivity contribution < 1.29 is 9.36 Å². The Morgan fingerprint density at radius 2 is 1.69 bits per heavy atom. The third-order valence-corrected chi connectivity index (χ3v) is 2.05. The lowest BCUT2D eigenvalue weighted by atomic mass is 10.4. The van der Waals surface area contributed by atoms with Crippen LogP contribution in [-0.4, -0.2) is 9.58 Å². The normalized spacial score (nSPS) is 11.3.